The molecular formula is C13H11ClF2N2O. The molecule has 100 valence electrons. The molecule has 0 N–H and O–H groups in total. The zero-order valence-electron chi connectivity index (χ0n) is 10.3. The van der Waals surface area contributed by atoms with Crippen LogP contribution < -0.4 is 0 Å². The summed E-state index contributed by atoms with van der Waals surface area (Å²) in [5, 5.41) is 4.14. The van der Waals surface area contributed by atoms with Crippen molar-refractivity contribution in [2.45, 2.75) is 19.9 Å². The van der Waals surface area contributed by atoms with Crippen LogP contribution in [0.1, 0.15) is 35.9 Å². The molecular weight excluding hydrogens is 274 g/mol. The highest BCUT2D eigenvalue weighted by atomic mass is 35.5. The maximum absolute atomic E-state index is 13.1. The number of halogens is 3. The monoisotopic (exact) mass is 284 g/mol. The van der Waals surface area contributed by atoms with E-state index >= 15 is 0 Å². The molecule has 3 nitrogen and oxygen atoms in total. The van der Waals surface area contributed by atoms with Gasteiger partial charge in [0.1, 0.15) is 17.3 Å². The van der Waals surface area contributed by atoms with E-state index in [2.05, 4.69) is 5.10 Å². The van der Waals surface area contributed by atoms with E-state index in [4.69, 9.17) is 11.6 Å². The Morgan fingerprint density at radius 3 is 2.37 bits per heavy atom. The standard InChI is InChI=1S/C13H11ClF2N2O/c1-7(2)18-12(11(14)6-17-18)13(19)8-3-9(15)5-10(16)4-8/h3-7H,1-2H3. The molecule has 0 atom stereocenters. The third kappa shape index (κ3) is 2.66. The number of rotatable bonds is 3. The van der Waals surface area contributed by atoms with Gasteiger partial charge in [-0.15, -0.1) is 0 Å². The topological polar surface area (TPSA) is 34.9 Å². The van der Waals surface area contributed by atoms with Crippen molar-refractivity contribution in [3.63, 3.8) is 0 Å². The fraction of sp³-hybridized carbons (Fsp3) is 0.231. The van der Waals surface area contributed by atoms with Crippen LogP contribution in [-0.4, -0.2) is 15.6 Å². The van der Waals surface area contributed by atoms with E-state index in [0.29, 0.717) is 6.07 Å². The van der Waals surface area contributed by atoms with Crippen molar-refractivity contribution in [2.75, 3.05) is 0 Å². The van der Waals surface area contributed by atoms with Crippen molar-refractivity contribution in [3.05, 3.63) is 52.3 Å². The SMILES string of the molecule is CC(C)n1ncc(Cl)c1C(=O)c1cc(F)cc(F)c1. The molecule has 1 heterocycles. The largest absolute Gasteiger partial charge is 0.287 e. The summed E-state index contributed by atoms with van der Waals surface area (Å²) in [6.07, 6.45) is 1.34. The second kappa shape index (κ2) is 5.09. The van der Waals surface area contributed by atoms with Gasteiger partial charge in [-0.25, -0.2) is 8.78 Å². The van der Waals surface area contributed by atoms with E-state index in [9.17, 15) is 13.6 Å². The van der Waals surface area contributed by atoms with Crippen molar-refractivity contribution >= 4 is 17.4 Å². The second-order valence-corrected chi connectivity index (χ2v) is 4.77. The van der Waals surface area contributed by atoms with E-state index in [1.54, 1.807) is 0 Å². The first kappa shape index (κ1) is 13.7. The minimum Gasteiger partial charge on any atom is -0.287 e. The zero-order chi connectivity index (χ0) is 14.2. The van der Waals surface area contributed by atoms with Crippen molar-refractivity contribution < 1.29 is 13.6 Å². The van der Waals surface area contributed by atoms with Gasteiger partial charge in [0.25, 0.3) is 0 Å². The molecule has 0 saturated heterocycles. The minimum atomic E-state index is -0.810. The Balaban J connectivity index is 2.53. The van der Waals surface area contributed by atoms with Crippen LogP contribution in [0.5, 0.6) is 0 Å². The van der Waals surface area contributed by atoms with Gasteiger partial charge in [-0.3, -0.25) is 9.48 Å². The predicted octanol–water partition coefficient (Wildman–Crippen LogP) is 3.63. The van der Waals surface area contributed by atoms with Crippen LogP contribution in [0.2, 0.25) is 5.02 Å². The normalized spacial score (nSPS) is 11.1. The zero-order valence-corrected chi connectivity index (χ0v) is 11.1. The molecule has 1 aromatic carbocycles. The Morgan fingerprint density at radius 1 is 1.26 bits per heavy atom. The lowest BCUT2D eigenvalue weighted by Crippen LogP contribution is -2.14. The summed E-state index contributed by atoms with van der Waals surface area (Å²) in [4.78, 5) is 12.3. The van der Waals surface area contributed by atoms with E-state index in [0.717, 1.165) is 12.1 Å². The third-order valence-corrected chi connectivity index (χ3v) is 2.86. The van der Waals surface area contributed by atoms with Crippen LogP contribution in [0.3, 0.4) is 0 Å². The lowest BCUT2D eigenvalue weighted by atomic mass is 10.1. The smallest absolute Gasteiger partial charge is 0.212 e. The molecule has 0 bridgehead atoms. The molecule has 0 spiro atoms. The van der Waals surface area contributed by atoms with Crippen LogP contribution in [0.15, 0.2) is 24.4 Å². The van der Waals surface area contributed by atoms with E-state index in [1.807, 2.05) is 13.8 Å². The molecule has 2 aromatic rings. The Morgan fingerprint density at radius 2 is 1.84 bits per heavy atom. The second-order valence-electron chi connectivity index (χ2n) is 4.37. The highest BCUT2D eigenvalue weighted by Crippen LogP contribution is 2.23. The molecule has 0 aliphatic carbocycles. The molecule has 0 unspecified atom stereocenters. The Bertz CT molecular complexity index is 617. The number of aromatic nitrogens is 2. The average Bonchev–Trinajstić information content (AvgIpc) is 2.69. The summed E-state index contributed by atoms with van der Waals surface area (Å²) < 4.78 is 27.7. The molecule has 19 heavy (non-hydrogen) atoms. The Kier molecular flexibility index (Phi) is 3.66. The van der Waals surface area contributed by atoms with E-state index in [-0.39, 0.29) is 22.3 Å². The quantitative estimate of drug-likeness (QED) is 0.807. The lowest BCUT2D eigenvalue weighted by molar-refractivity contribution is 0.102. The molecule has 6 heteroatoms. The first-order chi connectivity index (χ1) is 8.90. The maximum Gasteiger partial charge on any atom is 0.212 e. The fourth-order valence-electron chi connectivity index (χ4n) is 1.77. The van der Waals surface area contributed by atoms with Gasteiger partial charge >= 0.3 is 0 Å². The summed E-state index contributed by atoms with van der Waals surface area (Å²) in [7, 11) is 0. The molecule has 1 aromatic heterocycles. The van der Waals surface area contributed by atoms with E-state index in [1.165, 1.54) is 10.9 Å². The maximum atomic E-state index is 13.1. The van der Waals surface area contributed by atoms with Gasteiger partial charge in [0, 0.05) is 17.7 Å². The van der Waals surface area contributed by atoms with Gasteiger partial charge in [-0.1, -0.05) is 11.6 Å². The molecule has 0 amide bonds. The van der Waals surface area contributed by atoms with Gasteiger partial charge < -0.3 is 0 Å². The molecule has 0 aliphatic heterocycles. The minimum absolute atomic E-state index is 0.0927. The average molecular weight is 285 g/mol. The summed E-state index contributed by atoms with van der Waals surface area (Å²) in [5.41, 5.74) is 0.0310. The van der Waals surface area contributed by atoms with Crippen molar-refractivity contribution in [1.82, 2.24) is 9.78 Å². The molecule has 0 fully saturated rings. The van der Waals surface area contributed by atoms with Gasteiger partial charge in [-0.2, -0.15) is 5.10 Å². The van der Waals surface area contributed by atoms with Crippen LogP contribution in [-0.2, 0) is 0 Å². The Hall–Kier alpha value is -1.75. The number of benzene rings is 1. The van der Waals surface area contributed by atoms with E-state index < -0.39 is 17.4 Å². The summed E-state index contributed by atoms with van der Waals surface area (Å²) in [6, 6.07) is 2.56. The number of carbonyl (C=O) groups excluding carboxylic acids is 1. The van der Waals surface area contributed by atoms with Crippen LogP contribution in [0.25, 0.3) is 0 Å². The predicted molar refractivity (Wildman–Crippen MR) is 67.4 cm³/mol. The summed E-state index contributed by atoms with van der Waals surface area (Å²) >= 11 is 5.92. The summed E-state index contributed by atoms with van der Waals surface area (Å²) in [6.45, 7) is 3.65. The number of ketones is 1. The summed E-state index contributed by atoms with van der Waals surface area (Å²) in [5.74, 6) is -2.18. The first-order valence-electron chi connectivity index (χ1n) is 5.64. The number of carbonyl (C=O) groups is 1. The molecule has 0 radical (unpaired) electrons. The van der Waals surface area contributed by atoms with Gasteiger partial charge in [0.15, 0.2) is 0 Å². The van der Waals surface area contributed by atoms with Crippen molar-refractivity contribution in [2.24, 2.45) is 0 Å². The van der Waals surface area contributed by atoms with Gasteiger partial charge in [0.05, 0.1) is 11.2 Å². The van der Waals surface area contributed by atoms with Crippen molar-refractivity contribution in [1.29, 1.82) is 0 Å². The fourth-order valence-corrected chi connectivity index (χ4v) is 1.98. The molecule has 0 aliphatic rings. The number of nitrogens with zero attached hydrogens (tertiary/aromatic N) is 2. The van der Waals surface area contributed by atoms with Crippen LogP contribution in [0.4, 0.5) is 8.78 Å². The van der Waals surface area contributed by atoms with Crippen molar-refractivity contribution in [3.8, 4) is 0 Å². The molecule has 0 saturated carbocycles. The molecule has 2 rings (SSSR count). The first-order valence-corrected chi connectivity index (χ1v) is 6.01. The number of hydrogen-bond donors (Lipinski definition) is 0. The highest BCUT2D eigenvalue weighted by molar-refractivity contribution is 6.34. The highest BCUT2D eigenvalue weighted by Gasteiger charge is 2.21. The van der Waals surface area contributed by atoms with Crippen LogP contribution >= 0.6 is 11.6 Å². The van der Waals surface area contributed by atoms with Gasteiger partial charge in [-0.05, 0) is 26.0 Å². The van der Waals surface area contributed by atoms with Crippen LogP contribution in [0, 0.1) is 11.6 Å². The Labute approximate surface area is 113 Å². The third-order valence-electron chi connectivity index (χ3n) is 2.58. The lowest BCUT2D eigenvalue weighted by Gasteiger charge is -2.10. The van der Waals surface area contributed by atoms with Gasteiger partial charge in [0.2, 0.25) is 5.78 Å². The number of hydrogen-bond acceptors (Lipinski definition) is 2.